The zero-order valence-corrected chi connectivity index (χ0v) is 10.1. The van der Waals surface area contributed by atoms with E-state index in [1.54, 1.807) is 36.6 Å². The van der Waals surface area contributed by atoms with Crippen molar-refractivity contribution in [1.29, 1.82) is 0 Å². The van der Waals surface area contributed by atoms with Crippen molar-refractivity contribution in [3.8, 4) is 12.3 Å². The van der Waals surface area contributed by atoms with Crippen LogP contribution in [0.1, 0.15) is 5.76 Å². The third-order valence-electron chi connectivity index (χ3n) is 2.17. The first-order valence-corrected chi connectivity index (χ1v) is 5.93. The Morgan fingerprint density at radius 1 is 1.50 bits per heavy atom. The zero-order valence-electron chi connectivity index (χ0n) is 9.33. The molecule has 0 saturated carbocycles. The molecule has 2 amide bonds. The Hall–Kier alpha value is -2.19. The smallest absolute Gasteiger partial charge is 0.294 e. The van der Waals surface area contributed by atoms with Crippen LogP contribution in [0.2, 0.25) is 0 Å². The Kier molecular flexibility index (Phi) is 3.70. The minimum absolute atomic E-state index is 0.00387. The van der Waals surface area contributed by atoms with E-state index in [-0.39, 0.29) is 17.7 Å². The number of rotatable bonds is 3. The van der Waals surface area contributed by atoms with Crippen LogP contribution in [0.3, 0.4) is 0 Å². The van der Waals surface area contributed by atoms with Crippen LogP contribution in [0.5, 0.6) is 0 Å². The minimum Gasteiger partial charge on any atom is -0.465 e. The molecule has 90 valence electrons. The molecule has 0 radical (unpaired) electrons. The van der Waals surface area contributed by atoms with Crippen LogP contribution in [0.4, 0.5) is 4.79 Å². The minimum atomic E-state index is -0.355. The average Bonchev–Trinajstić information content (AvgIpc) is 2.94. The first-order chi connectivity index (χ1) is 8.72. The number of hydrogen-bond acceptors (Lipinski definition) is 4. The Morgan fingerprint density at radius 3 is 3.00 bits per heavy atom. The fourth-order valence-electron chi connectivity index (χ4n) is 1.36. The Bertz CT molecular complexity index is 564. The van der Waals surface area contributed by atoms with Gasteiger partial charge in [0.25, 0.3) is 11.1 Å². The van der Waals surface area contributed by atoms with Gasteiger partial charge in [0.05, 0.1) is 17.7 Å². The van der Waals surface area contributed by atoms with Gasteiger partial charge in [-0.15, -0.1) is 6.42 Å². The normalized spacial score (nSPS) is 17.9. The van der Waals surface area contributed by atoms with Gasteiger partial charge < -0.3 is 4.42 Å². The highest BCUT2D eigenvalue weighted by Crippen LogP contribution is 2.30. The van der Waals surface area contributed by atoms with Crippen molar-refractivity contribution in [3.05, 3.63) is 41.2 Å². The van der Waals surface area contributed by atoms with Crippen molar-refractivity contribution in [1.82, 2.24) is 4.90 Å². The molecule has 0 aromatic carbocycles. The van der Waals surface area contributed by atoms with Gasteiger partial charge in [-0.25, -0.2) is 0 Å². The highest BCUT2D eigenvalue weighted by molar-refractivity contribution is 8.18. The summed E-state index contributed by atoms with van der Waals surface area (Å²) in [6.45, 7) is 0.00387. The Labute approximate surface area is 108 Å². The van der Waals surface area contributed by atoms with Crippen LogP contribution < -0.4 is 0 Å². The van der Waals surface area contributed by atoms with Gasteiger partial charge in [-0.3, -0.25) is 14.5 Å². The SMILES string of the molecule is C#CCN1C(=O)S/C(=C/C=C/c2ccco2)C1=O. The number of furan rings is 1. The molecule has 0 aliphatic carbocycles. The van der Waals surface area contributed by atoms with Crippen molar-refractivity contribution in [2.75, 3.05) is 6.54 Å². The summed E-state index contributed by atoms with van der Waals surface area (Å²) >= 11 is 0.880. The third-order valence-corrected chi connectivity index (χ3v) is 3.10. The van der Waals surface area contributed by atoms with Crippen LogP contribution in [-0.2, 0) is 4.79 Å². The molecule has 1 fully saturated rings. The molecule has 0 unspecified atom stereocenters. The number of amides is 2. The molecule has 1 aliphatic heterocycles. The summed E-state index contributed by atoms with van der Waals surface area (Å²) in [4.78, 5) is 24.6. The maximum absolute atomic E-state index is 11.8. The number of terminal acetylenes is 1. The van der Waals surface area contributed by atoms with E-state index in [0.29, 0.717) is 10.7 Å². The van der Waals surface area contributed by atoms with Crippen molar-refractivity contribution in [3.63, 3.8) is 0 Å². The van der Waals surface area contributed by atoms with Crippen LogP contribution in [0.15, 0.2) is 39.9 Å². The summed E-state index contributed by atoms with van der Waals surface area (Å²) in [5.74, 6) is 2.60. The predicted octanol–water partition coefficient (Wildman–Crippen LogP) is 2.51. The van der Waals surface area contributed by atoms with Crippen LogP contribution in [0, 0.1) is 12.3 Å². The molecule has 4 nitrogen and oxygen atoms in total. The van der Waals surface area contributed by atoms with Gasteiger partial charge in [0, 0.05) is 0 Å². The molecule has 2 heterocycles. The second-order valence-corrected chi connectivity index (χ2v) is 4.36. The molecular formula is C13H9NO3S. The van der Waals surface area contributed by atoms with Crippen LogP contribution >= 0.6 is 11.8 Å². The first-order valence-electron chi connectivity index (χ1n) is 5.11. The number of allylic oxidation sites excluding steroid dienone is 2. The van der Waals surface area contributed by atoms with E-state index in [0.717, 1.165) is 16.7 Å². The molecule has 18 heavy (non-hydrogen) atoms. The van der Waals surface area contributed by atoms with Crippen molar-refractivity contribution in [2.24, 2.45) is 0 Å². The molecule has 2 rings (SSSR count). The summed E-state index contributed by atoms with van der Waals surface area (Å²) in [5, 5.41) is -0.337. The number of hydrogen-bond donors (Lipinski definition) is 0. The van der Waals surface area contributed by atoms with Crippen molar-refractivity contribution >= 4 is 29.0 Å². The van der Waals surface area contributed by atoms with E-state index in [4.69, 9.17) is 10.8 Å². The van der Waals surface area contributed by atoms with E-state index < -0.39 is 0 Å². The molecule has 1 aromatic heterocycles. The van der Waals surface area contributed by atoms with Crippen molar-refractivity contribution in [2.45, 2.75) is 0 Å². The Balaban J connectivity index is 2.09. The van der Waals surface area contributed by atoms with Gasteiger partial charge in [-0.05, 0) is 36.0 Å². The third kappa shape index (κ3) is 2.55. The second kappa shape index (κ2) is 5.43. The lowest BCUT2D eigenvalue weighted by Gasteiger charge is -2.05. The molecule has 1 aliphatic rings. The zero-order chi connectivity index (χ0) is 13.0. The fraction of sp³-hybridized carbons (Fsp3) is 0.0769. The van der Waals surface area contributed by atoms with Gasteiger partial charge in [0.15, 0.2) is 0 Å². The van der Waals surface area contributed by atoms with E-state index in [9.17, 15) is 9.59 Å². The molecule has 0 bridgehead atoms. The molecule has 1 saturated heterocycles. The van der Waals surface area contributed by atoms with E-state index >= 15 is 0 Å². The fourth-order valence-corrected chi connectivity index (χ4v) is 2.15. The summed E-state index contributed by atoms with van der Waals surface area (Å²) < 4.78 is 5.09. The molecule has 1 aromatic rings. The summed E-state index contributed by atoms with van der Waals surface area (Å²) in [7, 11) is 0. The standard InChI is InChI=1S/C13H9NO3S/c1-2-8-14-12(15)11(18-13(14)16)7-3-5-10-6-4-9-17-10/h1,3-7,9H,8H2/b5-3+,11-7+. The number of carbonyl (C=O) groups is 2. The number of carbonyl (C=O) groups excluding carboxylic acids is 2. The quantitative estimate of drug-likeness (QED) is 0.618. The Morgan fingerprint density at radius 2 is 2.33 bits per heavy atom. The van der Waals surface area contributed by atoms with Gasteiger partial charge in [0.2, 0.25) is 0 Å². The lowest BCUT2D eigenvalue weighted by molar-refractivity contribution is -0.122. The summed E-state index contributed by atoms with van der Waals surface area (Å²) in [6.07, 6.45) is 11.6. The highest BCUT2D eigenvalue weighted by atomic mass is 32.2. The van der Waals surface area contributed by atoms with Crippen LogP contribution in [0.25, 0.3) is 6.08 Å². The first kappa shape index (κ1) is 12.3. The van der Waals surface area contributed by atoms with E-state index in [2.05, 4.69) is 5.92 Å². The number of nitrogens with zero attached hydrogens (tertiary/aromatic N) is 1. The largest absolute Gasteiger partial charge is 0.465 e. The van der Waals surface area contributed by atoms with Crippen LogP contribution in [-0.4, -0.2) is 22.6 Å². The number of thioether (sulfide) groups is 1. The topological polar surface area (TPSA) is 50.5 Å². The monoisotopic (exact) mass is 259 g/mol. The number of imide groups is 1. The average molecular weight is 259 g/mol. The molecule has 0 N–H and O–H groups in total. The van der Waals surface area contributed by atoms with Gasteiger partial charge in [-0.1, -0.05) is 12.0 Å². The highest BCUT2D eigenvalue weighted by Gasteiger charge is 2.33. The van der Waals surface area contributed by atoms with E-state index in [1.807, 2.05) is 0 Å². The van der Waals surface area contributed by atoms with E-state index in [1.165, 1.54) is 0 Å². The van der Waals surface area contributed by atoms with Gasteiger partial charge in [-0.2, -0.15) is 0 Å². The maximum atomic E-state index is 11.8. The predicted molar refractivity (Wildman–Crippen MR) is 69.4 cm³/mol. The van der Waals surface area contributed by atoms with Gasteiger partial charge in [0.1, 0.15) is 5.76 Å². The summed E-state index contributed by atoms with van der Waals surface area (Å²) in [5.41, 5.74) is 0. The lowest BCUT2D eigenvalue weighted by Crippen LogP contribution is -2.28. The van der Waals surface area contributed by atoms with Crippen molar-refractivity contribution < 1.29 is 14.0 Å². The molecular weight excluding hydrogens is 250 g/mol. The maximum Gasteiger partial charge on any atom is 0.294 e. The van der Waals surface area contributed by atoms with Gasteiger partial charge >= 0.3 is 0 Å². The molecule has 5 heteroatoms. The second-order valence-electron chi connectivity index (χ2n) is 3.37. The molecule has 0 spiro atoms. The summed E-state index contributed by atoms with van der Waals surface area (Å²) in [6, 6.07) is 3.55. The lowest BCUT2D eigenvalue weighted by atomic mass is 10.3. The molecule has 0 atom stereocenters.